The van der Waals surface area contributed by atoms with Gasteiger partial charge in [-0.3, -0.25) is 24.6 Å². The molecule has 39 heavy (non-hydrogen) atoms. The molecule has 0 fully saturated rings. The maximum absolute atomic E-state index is 13.7. The minimum absolute atomic E-state index is 0.0941. The number of nitro benzene ring substituents is 1. The highest BCUT2D eigenvalue weighted by Gasteiger charge is 2.23. The highest BCUT2D eigenvalue weighted by Crippen LogP contribution is 2.33. The Morgan fingerprint density at radius 2 is 1.90 bits per heavy atom. The lowest BCUT2D eigenvalue weighted by atomic mass is 10.0. The van der Waals surface area contributed by atoms with Crippen LogP contribution >= 0.6 is 34.7 Å². The summed E-state index contributed by atoms with van der Waals surface area (Å²) in [5.41, 5.74) is 2.78. The van der Waals surface area contributed by atoms with Crippen LogP contribution in [0.2, 0.25) is 5.02 Å². The second-order valence-corrected chi connectivity index (χ2v) is 10.9. The molecule has 1 aliphatic rings. The van der Waals surface area contributed by atoms with E-state index in [2.05, 4.69) is 15.2 Å². The summed E-state index contributed by atoms with van der Waals surface area (Å²) in [6, 6.07) is 21.5. The van der Waals surface area contributed by atoms with Crippen LogP contribution in [0.25, 0.3) is 11.8 Å². The van der Waals surface area contributed by atoms with Gasteiger partial charge in [0.1, 0.15) is 6.33 Å². The Balaban J connectivity index is 1.47. The maximum Gasteiger partial charge on any atom is 0.283 e. The number of fused-ring (bicyclic) bond motifs is 1. The van der Waals surface area contributed by atoms with Gasteiger partial charge < -0.3 is 0 Å². The van der Waals surface area contributed by atoms with E-state index in [4.69, 9.17) is 16.6 Å². The molecule has 0 saturated heterocycles. The summed E-state index contributed by atoms with van der Waals surface area (Å²) in [7, 11) is 0. The molecule has 3 aromatic carbocycles. The molecule has 1 N–H and O–H groups in total. The Labute approximate surface area is 234 Å². The number of hydrogen-bond acceptors (Lipinski definition) is 8. The number of nitro groups is 1. The van der Waals surface area contributed by atoms with Gasteiger partial charge in [-0.2, -0.15) is 5.10 Å². The predicted octanol–water partition coefficient (Wildman–Crippen LogP) is 4.83. The number of aromatic nitrogens is 4. The van der Waals surface area contributed by atoms with Crippen LogP contribution < -0.4 is 14.9 Å². The Bertz CT molecular complexity index is 1900. The average Bonchev–Trinajstić information content (AvgIpc) is 3.57. The van der Waals surface area contributed by atoms with E-state index in [0.29, 0.717) is 30.0 Å². The van der Waals surface area contributed by atoms with Crippen molar-refractivity contribution < 1.29 is 4.92 Å². The van der Waals surface area contributed by atoms with Crippen LogP contribution in [0, 0.1) is 10.1 Å². The van der Waals surface area contributed by atoms with Crippen molar-refractivity contribution in [3.05, 3.63) is 137 Å². The molecule has 1 aliphatic heterocycles. The molecule has 1 atom stereocenters. The molecule has 0 spiro atoms. The highest BCUT2D eigenvalue weighted by molar-refractivity contribution is 7.99. The van der Waals surface area contributed by atoms with Crippen molar-refractivity contribution in [1.29, 1.82) is 0 Å². The SMILES string of the molecule is O=c1c(=Cc2ccc(Sc3ncn[nH]3)c([N+](=O)[O-])c2)sc2n1C(c1ccc(Cl)cc1)C=C(c1ccccc1)N=2. The molecule has 3 heterocycles. The van der Waals surface area contributed by atoms with Crippen molar-refractivity contribution in [2.75, 3.05) is 0 Å². The first-order chi connectivity index (χ1) is 19.0. The quantitative estimate of drug-likeness (QED) is 0.230. The molecule has 0 aliphatic carbocycles. The highest BCUT2D eigenvalue weighted by atomic mass is 35.5. The topological polar surface area (TPSA) is 119 Å². The molecule has 0 radical (unpaired) electrons. The van der Waals surface area contributed by atoms with Crippen molar-refractivity contribution in [3.63, 3.8) is 0 Å². The zero-order valence-electron chi connectivity index (χ0n) is 19.9. The molecule has 192 valence electrons. The van der Waals surface area contributed by atoms with Crippen LogP contribution in [0.4, 0.5) is 5.69 Å². The van der Waals surface area contributed by atoms with Crippen LogP contribution in [0.3, 0.4) is 0 Å². The first-order valence-corrected chi connectivity index (χ1v) is 13.6. The second-order valence-electron chi connectivity index (χ2n) is 8.47. The van der Waals surface area contributed by atoms with Crippen LogP contribution in [0.1, 0.15) is 22.7 Å². The number of allylic oxidation sites excluding steroid dienone is 1. The van der Waals surface area contributed by atoms with Crippen molar-refractivity contribution in [3.8, 4) is 0 Å². The molecule has 9 nitrogen and oxygen atoms in total. The summed E-state index contributed by atoms with van der Waals surface area (Å²) in [6.45, 7) is 0. The molecule has 1 unspecified atom stereocenters. The number of hydrogen-bond donors (Lipinski definition) is 1. The third-order valence-electron chi connectivity index (χ3n) is 6.00. The van der Waals surface area contributed by atoms with E-state index < -0.39 is 11.0 Å². The van der Waals surface area contributed by atoms with Gasteiger partial charge in [-0.05, 0) is 58.8 Å². The van der Waals surface area contributed by atoms with Crippen molar-refractivity contribution in [2.24, 2.45) is 4.99 Å². The Morgan fingerprint density at radius 1 is 1.10 bits per heavy atom. The molecule has 0 amide bonds. The summed E-state index contributed by atoms with van der Waals surface area (Å²) in [4.78, 5) is 34.8. The fourth-order valence-electron chi connectivity index (χ4n) is 4.20. The molecule has 6 rings (SSSR count). The van der Waals surface area contributed by atoms with E-state index >= 15 is 0 Å². The number of halogens is 1. The van der Waals surface area contributed by atoms with Crippen molar-refractivity contribution in [1.82, 2.24) is 19.7 Å². The van der Waals surface area contributed by atoms with Gasteiger partial charge in [0.2, 0.25) is 0 Å². The zero-order chi connectivity index (χ0) is 26.9. The van der Waals surface area contributed by atoms with E-state index in [0.717, 1.165) is 28.6 Å². The number of aromatic amines is 1. The lowest BCUT2D eigenvalue weighted by Gasteiger charge is -2.19. The van der Waals surface area contributed by atoms with Crippen LogP contribution in [-0.4, -0.2) is 24.7 Å². The van der Waals surface area contributed by atoms with Gasteiger partial charge in [0, 0.05) is 11.1 Å². The summed E-state index contributed by atoms with van der Waals surface area (Å²) >= 11 is 8.47. The number of thiazole rings is 1. The lowest BCUT2D eigenvalue weighted by Crippen LogP contribution is -2.36. The average molecular weight is 573 g/mol. The summed E-state index contributed by atoms with van der Waals surface area (Å²) in [5, 5.41) is 19.3. The first kappa shape index (κ1) is 25.0. The monoisotopic (exact) mass is 572 g/mol. The number of nitrogens with one attached hydrogen (secondary N) is 1. The van der Waals surface area contributed by atoms with Crippen molar-refractivity contribution in [2.45, 2.75) is 16.1 Å². The fourth-order valence-corrected chi connectivity index (χ4v) is 6.12. The van der Waals surface area contributed by atoms with Gasteiger partial charge in [-0.1, -0.05) is 71.5 Å². The molecule has 12 heteroatoms. The first-order valence-electron chi connectivity index (χ1n) is 11.6. The largest absolute Gasteiger partial charge is 0.283 e. The Kier molecular flexibility index (Phi) is 6.69. The van der Waals surface area contributed by atoms with Gasteiger partial charge in [0.15, 0.2) is 9.96 Å². The van der Waals surface area contributed by atoms with E-state index in [1.165, 1.54) is 23.7 Å². The van der Waals surface area contributed by atoms with Gasteiger partial charge in [-0.15, -0.1) is 0 Å². The standard InChI is InChI=1S/C27H17ClN6O3S2/c28-19-9-7-18(8-10-19)21-14-20(17-4-2-1-3-5-17)31-27-33(21)25(35)24(39-27)13-16-6-11-23(22(12-16)34(36)37)38-26-29-15-30-32-26/h1-15,21H,(H,29,30,32). The van der Waals surface area contributed by atoms with E-state index in [-0.39, 0.29) is 11.2 Å². The van der Waals surface area contributed by atoms with Gasteiger partial charge in [0.25, 0.3) is 11.2 Å². The minimum atomic E-state index is -0.454. The number of H-pyrrole nitrogens is 1. The van der Waals surface area contributed by atoms with Gasteiger partial charge in [0.05, 0.1) is 26.1 Å². The molecule has 5 aromatic rings. The normalized spacial score (nSPS) is 14.9. The smallest absolute Gasteiger partial charge is 0.272 e. The summed E-state index contributed by atoms with van der Waals surface area (Å²) in [5.74, 6) is 0. The Morgan fingerprint density at radius 3 is 2.62 bits per heavy atom. The van der Waals surface area contributed by atoms with E-state index in [9.17, 15) is 14.9 Å². The fraction of sp³-hybridized carbons (Fsp3) is 0.0370. The number of benzene rings is 3. The maximum atomic E-state index is 13.7. The zero-order valence-corrected chi connectivity index (χ0v) is 22.3. The van der Waals surface area contributed by atoms with E-state index in [1.54, 1.807) is 34.9 Å². The van der Waals surface area contributed by atoms with Gasteiger partial charge in [-0.25, -0.2) is 9.98 Å². The van der Waals surface area contributed by atoms with E-state index in [1.807, 2.05) is 48.5 Å². The lowest BCUT2D eigenvalue weighted by molar-refractivity contribution is -0.387. The minimum Gasteiger partial charge on any atom is -0.272 e. The van der Waals surface area contributed by atoms with Crippen LogP contribution in [0.5, 0.6) is 0 Å². The summed E-state index contributed by atoms with van der Waals surface area (Å²) < 4.78 is 2.06. The summed E-state index contributed by atoms with van der Waals surface area (Å²) in [6.07, 6.45) is 4.96. The van der Waals surface area contributed by atoms with Crippen molar-refractivity contribution >= 4 is 52.2 Å². The molecular weight excluding hydrogens is 556 g/mol. The molecule has 2 aromatic heterocycles. The number of rotatable bonds is 6. The van der Waals surface area contributed by atoms with Crippen LogP contribution in [-0.2, 0) is 0 Å². The predicted molar refractivity (Wildman–Crippen MR) is 151 cm³/mol. The van der Waals surface area contributed by atoms with Gasteiger partial charge >= 0.3 is 0 Å². The molecular formula is C27H17ClN6O3S2. The Hall–Kier alpha value is -4.32. The number of nitrogens with zero attached hydrogens (tertiary/aromatic N) is 5. The van der Waals surface area contributed by atoms with Crippen LogP contribution in [0.15, 0.2) is 105 Å². The molecule has 0 bridgehead atoms. The third-order valence-corrected chi connectivity index (χ3v) is 8.20. The second kappa shape index (κ2) is 10.4. The third kappa shape index (κ3) is 5.07. The molecule has 0 saturated carbocycles.